The van der Waals surface area contributed by atoms with E-state index >= 15 is 0 Å². The summed E-state index contributed by atoms with van der Waals surface area (Å²) in [6.07, 6.45) is 8.51. The van der Waals surface area contributed by atoms with Gasteiger partial charge in [0.2, 0.25) is 0 Å². The van der Waals surface area contributed by atoms with Gasteiger partial charge in [-0.05, 0) is 18.8 Å². The molecule has 0 aromatic carbocycles. The summed E-state index contributed by atoms with van der Waals surface area (Å²) < 4.78 is 15.9. The Kier molecular flexibility index (Phi) is 6.33. The van der Waals surface area contributed by atoms with Crippen LogP contribution in [0.4, 0.5) is 0 Å². The lowest BCUT2D eigenvalue weighted by atomic mass is 9.86. The minimum absolute atomic E-state index is 0.510. The molecule has 0 spiro atoms. The van der Waals surface area contributed by atoms with Gasteiger partial charge in [-0.1, -0.05) is 32.1 Å². The monoisotopic (exact) mass is 259 g/mol. The van der Waals surface area contributed by atoms with Crippen LogP contribution >= 0.6 is 0 Å². The quantitative estimate of drug-likeness (QED) is 0.565. The van der Waals surface area contributed by atoms with Crippen molar-refractivity contribution in [3.8, 4) is 0 Å². The van der Waals surface area contributed by atoms with Crippen LogP contribution in [0, 0.1) is 11.3 Å². The number of hydrogen-bond donors (Lipinski definition) is 1. The highest BCUT2D eigenvalue weighted by atomic mass is 28.4. The van der Waals surface area contributed by atoms with Crippen molar-refractivity contribution in [1.82, 2.24) is 0 Å². The van der Waals surface area contributed by atoms with E-state index in [1.54, 1.807) is 21.3 Å². The van der Waals surface area contributed by atoms with Crippen LogP contribution in [0.3, 0.4) is 0 Å². The molecule has 100 valence electrons. The Balaban J connectivity index is 2.41. The van der Waals surface area contributed by atoms with Crippen LogP contribution in [0.1, 0.15) is 44.9 Å². The lowest BCUT2D eigenvalue weighted by molar-refractivity contribution is 0.143. The highest BCUT2D eigenvalue weighted by Gasteiger charge is 2.43. The number of hydrogen-bond acceptors (Lipinski definition) is 4. The maximum Gasteiger partial charge on any atom is 0.550 e. The van der Waals surface area contributed by atoms with Gasteiger partial charge in [-0.2, -0.15) is 0 Å². The molecule has 0 aromatic rings. The van der Waals surface area contributed by atoms with E-state index in [0.717, 1.165) is 18.8 Å². The molecule has 1 fully saturated rings. The topological polar surface area (TPSA) is 51.5 Å². The van der Waals surface area contributed by atoms with E-state index in [4.69, 9.17) is 18.7 Å². The van der Waals surface area contributed by atoms with Gasteiger partial charge in [0.05, 0.1) is 5.33 Å². The normalized spacial score (nSPS) is 18.3. The van der Waals surface area contributed by atoms with Crippen LogP contribution in [0.25, 0.3) is 0 Å². The maximum absolute atomic E-state index is 8.10. The maximum atomic E-state index is 8.10. The van der Waals surface area contributed by atoms with E-state index in [1.807, 2.05) is 0 Å². The van der Waals surface area contributed by atoms with E-state index < -0.39 is 8.80 Å². The number of rotatable bonds is 7. The molecule has 0 atom stereocenters. The van der Waals surface area contributed by atoms with Gasteiger partial charge < -0.3 is 18.7 Å². The molecule has 1 aliphatic carbocycles. The second-order valence-corrected chi connectivity index (χ2v) is 7.63. The zero-order valence-electron chi connectivity index (χ0n) is 11.3. The Hall–Kier alpha value is -0.233. The van der Waals surface area contributed by atoms with Crippen LogP contribution in [-0.4, -0.2) is 35.5 Å². The Bertz CT molecular complexity index is 230. The molecule has 0 radical (unpaired) electrons. The first-order valence-electron chi connectivity index (χ1n) is 6.42. The van der Waals surface area contributed by atoms with E-state index in [-0.39, 0.29) is 0 Å². The predicted molar refractivity (Wildman–Crippen MR) is 70.3 cm³/mol. The number of nitrogens with one attached hydrogen (secondary N) is 1. The smallest absolute Gasteiger partial charge is 0.373 e. The van der Waals surface area contributed by atoms with Crippen molar-refractivity contribution in [1.29, 1.82) is 5.41 Å². The predicted octanol–water partition coefficient (Wildman–Crippen LogP) is 2.78. The van der Waals surface area contributed by atoms with Gasteiger partial charge in [0.15, 0.2) is 0 Å². The van der Waals surface area contributed by atoms with E-state index in [0.29, 0.717) is 5.33 Å². The van der Waals surface area contributed by atoms with Crippen molar-refractivity contribution in [2.75, 3.05) is 21.3 Å². The Labute approximate surface area is 106 Å². The molecular weight excluding hydrogens is 234 g/mol. The first kappa shape index (κ1) is 14.8. The minimum atomic E-state index is -2.82. The second kappa shape index (κ2) is 7.26. The highest BCUT2D eigenvalue weighted by molar-refractivity contribution is 6.92. The van der Waals surface area contributed by atoms with Crippen LogP contribution in [0.15, 0.2) is 0 Å². The van der Waals surface area contributed by atoms with Gasteiger partial charge in [-0.3, -0.25) is 0 Å². The minimum Gasteiger partial charge on any atom is -0.373 e. The molecule has 0 unspecified atom stereocenters. The molecule has 5 heteroatoms. The van der Waals surface area contributed by atoms with Gasteiger partial charge in [-0.15, -0.1) is 0 Å². The summed E-state index contributed by atoms with van der Waals surface area (Å²) in [6.45, 7) is 0. The van der Waals surface area contributed by atoms with E-state index in [9.17, 15) is 0 Å². The summed E-state index contributed by atoms with van der Waals surface area (Å²) in [5.41, 5.74) is 0. The van der Waals surface area contributed by atoms with Crippen LogP contribution < -0.4 is 0 Å². The zero-order chi connectivity index (χ0) is 12.7. The summed E-state index contributed by atoms with van der Waals surface area (Å²) >= 11 is 0. The molecule has 0 saturated heterocycles. The SMILES string of the molecule is CO[Si](OC)(OC)C(=N)CCC1CCCCC1. The second-order valence-electron chi connectivity index (χ2n) is 4.69. The van der Waals surface area contributed by atoms with E-state index in [1.165, 1.54) is 32.1 Å². The van der Waals surface area contributed by atoms with Crippen LogP contribution in [-0.2, 0) is 13.3 Å². The third-order valence-corrected chi connectivity index (χ3v) is 6.30. The molecule has 1 N–H and O–H groups in total. The van der Waals surface area contributed by atoms with Crippen LogP contribution in [0.2, 0.25) is 0 Å². The lowest BCUT2D eigenvalue weighted by Gasteiger charge is -2.27. The fraction of sp³-hybridized carbons (Fsp3) is 0.917. The van der Waals surface area contributed by atoms with Crippen molar-refractivity contribution in [2.24, 2.45) is 5.92 Å². The van der Waals surface area contributed by atoms with Gasteiger partial charge in [0.1, 0.15) is 0 Å². The van der Waals surface area contributed by atoms with Crippen molar-refractivity contribution in [3.63, 3.8) is 0 Å². The third kappa shape index (κ3) is 3.88. The lowest BCUT2D eigenvalue weighted by Crippen LogP contribution is -2.51. The van der Waals surface area contributed by atoms with Gasteiger partial charge >= 0.3 is 8.80 Å². The Morgan fingerprint density at radius 1 is 1.06 bits per heavy atom. The molecule has 1 aliphatic rings. The molecule has 0 amide bonds. The molecular formula is C12H25NO3Si. The fourth-order valence-corrected chi connectivity index (χ4v) is 4.29. The standard InChI is InChI=1S/C12H25NO3Si/c1-14-17(15-2,16-3)12(13)10-9-11-7-5-4-6-8-11/h11,13H,4-10H2,1-3H3. The first-order chi connectivity index (χ1) is 8.18. The van der Waals surface area contributed by atoms with E-state index in [2.05, 4.69) is 0 Å². The molecule has 4 nitrogen and oxygen atoms in total. The third-order valence-electron chi connectivity index (χ3n) is 3.70. The van der Waals surface area contributed by atoms with Crippen LogP contribution in [0.5, 0.6) is 0 Å². The molecule has 0 heterocycles. The molecule has 17 heavy (non-hydrogen) atoms. The van der Waals surface area contributed by atoms with Crippen molar-refractivity contribution in [3.05, 3.63) is 0 Å². The molecule has 0 aromatic heterocycles. The average molecular weight is 259 g/mol. The summed E-state index contributed by atoms with van der Waals surface area (Å²) in [5.74, 6) is 0.779. The van der Waals surface area contributed by atoms with Gasteiger partial charge in [-0.25, -0.2) is 0 Å². The van der Waals surface area contributed by atoms with Crippen molar-refractivity contribution in [2.45, 2.75) is 44.9 Å². The highest BCUT2D eigenvalue weighted by Crippen LogP contribution is 2.28. The summed E-state index contributed by atoms with van der Waals surface area (Å²) in [4.78, 5) is 0. The Morgan fingerprint density at radius 2 is 1.59 bits per heavy atom. The molecule has 1 saturated carbocycles. The summed E-state index contributed by atoms with van der Waals surface area (Å²) in [5, 5.41) is 8.61. The first-order valence-corrected chi connectivity index (χ1v) is 8.14. The molecule has 1 rings (SSSR count). The summed E-state index contributed by atoms with van der Waals surface area (Å²) in [7, 11) is 1.87. The zero-order valence-corrected chi connectivity index (χ0v) is 12.3. The molecule has 0 bridgehead atoms. The van der Waals surface area contributed by atoms with Crippen molar-refractivity contribution < 1.29 is 13.3 Å². The summed E-state index contributed by atoms with van der Waals surface area (Å²) in [6, 6.07) is 0. The van der Waals surface area contributed by atoms with Crippen molar-refractivity contribution >= 4 is 14.1 Å². The Morgan fingerprint density at radius 3 is 2.06 bits per heavy atom. The fourth-order valence-electron chi connectivity index (χ4n) is 2.60. The largest absolute Gasteiger partial charge is 0.550 e. The van der Waals surface area contributed by atoms with Gasteiger partial charge in [0.25, 0.3) is 0 Å². The molecule has 0 aliphatic heterocycles. The van der Waals surface area contributed by atoms with Gasteiger partial charge in [0, 0.05) is 21.3 Å². The average Bonchev–Trinajstić information content (AvgIpc) is 2.40.